The summed E-state index contributed by atoms with van der Waals surface area (Å²) in [7, 11) is -3.37. The van der Waals surface area contributed by atoms with Crippen molar-refractivity contribution in [3.8, 4) is 0 Å². The van der Waals surface area contributed by atoms with Gasteiger partial charge in [-0.2, -0.15) is 0 Å². The van der Waals surface area contributed by atoms with Gasteiger partial charge in [0, 0.05) is 25.6 Å². The normalized spacial score (nSPS) is 15.8. The monoisotopic (exact) mass is 430 g/mol. The molecule has 0 atom stereocenters. The van der Waals surface area contributed by atoms with Crippen LogP contribution < -0.4 is 5.32 Å². The topological polar surface area (TPSA) is 75.7 Å². The zero-order chi connectivity index (χ0) is 21.4. The van der Waals surface area contributed by atoms with Crippen molar-refractivity contribution in [2.24, 2.45) is 5.92 Å². The third kappa shape index (κ3) is 6.65. The molecule has 1 heterocycles. The van der Waals surface area contributed by atoms with Crippen molar-refractivity contribution in [3.05, 3.63) is 71.3 Å². The Balaban J connectivity index is 1.36. The van der Waals surface area contributed by atoms with Crippen LogP contribution in [0.15, 0.2) is 54.6 Å². The summed E-state index contributed by atoms with van der Waals surface area (Å²) in [6.07, 6.45) is 1.09. The summed E-state index contributed by atoms with van der Waals surface area (Å²) in [4.78, 5) is 12.4. The van der Waals surface area contributed by atoms with Crippen molar-refractivity contribution in [1.29, 1.82) is 0 Å². The Hall–Kier alpha value is -2.22. The molecule has 2 aromatic carbocycles. The second kappa shape index (κ2) is 10.7. The number of carbonyl (C=O) groups is 1. The average molecular weight is 431 g/mol. The van der Waals surface area contributed by atoms with Crippen molar-refractivity contribution >= 4 is 15.9 Å². The predicted octanol–water partition coefficient (Wildman–Crippen LogP) is 2.87. The zero-order valence-corrected chi connectivity index (χ0v) is 18.2. The second-order valence-corrected chi connectivity index (χ2v) is 9.71. The van der Waals surface area contributed by atoms with Crippen LogP contribution >= 0.6 is 0 Å². The van der Waals surface area contributed by atoms with E-state index in [-0.39, 0.29) is 17.6 Å². The van der Waals surface area contributed by atoms with Crippen LogP contribution in [-0.4, -0.2) is 44.9 Å². The summed E-state index contributed by atoms with van der Waals surface area (Å²) in [5, 5.41) is 2.91. The number of hydrogen-bond donors (Lipinski definition) is 1. The quantitative estimate of drug-likeness (QED) is 0.621. The van der Waals surface area contributed by atoms with Gasteiger partial charge in [-0.1, -0.05) is 60.2 Å². The molecule has 1 amide bonds. The fraction of sp³-hybridized carbons (Fsp3) is 0.435. The van der Waals surface area contributed by atoms with Gasteiger partial charge in [-0.3, -0.25) is 4.79 Å². The highest BCUT2D eigenvalue weighted by atomic mass is 32.2. The summed E-state index contributed by atoms with van der Waals surface area (Å²) < 4.78 is 32.5. The van der Waals surface area contributed by atoms with Gasteiger partial charge in [0.05, 0.1) is 19.0 Å². The lowest BCUT2D eigenvalue weighted by atomic mass is 9.97. The maximum atomic E-state index is 12.7. The van der Waals surface area contributed by atoms with Crippen LogP contribution in [0.2, 0.25) is 0 Å². The maximum absolute atomic E-state index is 12.7. The van der Waals surface area contributed by atoms with E-state index in [1.165, 1.54) is 4.31 Å². The Morgan fingerprint density at radius 3 is 2.37 bits per heavy atom. The highest BCUT2D eigenvalue weighted by Gasteiger charge is 2.31. The molecule has 0 aromatic heterocycles. The van der Waals surface area contributed by atoms with Crippen molar-refractivity contribution in [2.75, 3.05) is 26.2 Å². The first-order valence-electron chi connectivity index (χ1n) is 10.4. The van der Waals surface area contributed by atoms with Crippen LogP contribution in [0.3, 0.4) is 0 Å². The minimum atomic E-state index is -3.37. The van der Waals surface area contributed by atoms with Crippen LogP contribution in [0.25, 0.3) is 0 Å². The molecule has 1 aliphatic heterocycles. The number of nitrogens with one attached hydrogen (secondary N) is 1. The maximum Gasteiger partial charge on any atom is 0.223 e. The number of amides is 1. The van der Waals surface area contributed by atoms with Crippen molar-refractivity contribution < 1.29 is 17.9 Å². The third-order valence-electron chi connectivity index (χ3n) is 5.34. The number of aryl methyl sites for hydroxylation is 1. The number of benzene rings is 2. The number of piperidine rings is 1. The van der Waals surface area contributed by atoms with Gasteiger partial charge in [-0.15, -0.1) is 0 Å². The van der Waals surface area contributed by atoms with Crippen molar-refractivity contribution in [1.82, 2.24) is 9.62 Å². The number of hydrogen-bond acceptors (Lipinski definition) is 4. The fourth-order valence-electron chi connectivity index (χ4n) is 3.54. The van der Waals surface area contributed by atoms with Gasteiger partial charge in [0.2, 0.25) is 15.9 Å². The van der Waals surface area contributed by atoms with Gasteiger partial charge in [0.25, 0.3) is 0 Å². The summed E-state index contributed by atoms with van der Waals surface area (Å²) in [6, 6.07) is 17.4. The van der Waals surface area contributed by atoms with Gasteiger partial charge in [0.15, 0.2) is 0 Å². The Morgan fingerprint density at radius 2 is 1.70 bits per heavy atom. The van der Waals surface area contributed by atoms with Gasteiger partial charge in [-0.25, -0.2) is 12.7 Å². The SMILES string of the molecule is Cc1ccc(CS(=O)(=O)N2CCC(C(=O)NCCOCc3ccccc3)CC2)cc1. The number of rotatable bonds is 9. The van der Waals surface area contributed by atoms with E-state index < -0.39 is 10.0 Å². The molecule has 1 saturated heterocycles. The van der Waals surface area contributed by atoms with Crippen LogP contribution in [0.5, 0.6) is 0 Å². The molecule has 7 heteroatoms. The molecule has 0 spiro atoms. The molecule has 3 rings (SSSR count). The standard InChI is InChI=1S/C23H30N2O4S/c1-19-7-9-21(10-8-19)18-30(27,28)25-14-11-22(12-15-25)23(26)24-13-16-29-17-20-5-3-2-4-6-20/h2-10,22H,11-18H2,1H3,(H,24,26). The second-order valence-electron chi connectivity index (χ2n) is 7.74. The first kappa shape index (κ1) is 22.5. The number of sulfonamides is 1. The smallest absolute Gasteiger partial charge is 0.223 e. The Labute approximate surface area is 179 Å². The Kier molecular flexibility index (Phi) is 8.01. The number of ether oxygens (including phenoxy) is 1. The molecule has 1 aliphatic rings. The van der Waals surface area contributed by atoms with E-state index >= 15 is 0 Å². The van der Waals surface area contributed by atoms with Crippen LogP contribution in [-0.2, 0) is 31.9 Å². The first-order chi connectivity index (χ1) is 14.4. The minimum absolute atomic E-state index is 0.00287. The summed E-state index contributed by atoms with van der Waals surface area (Å²) in [5.74, 6) is -0.165. The van der Waals surface area contributed by atoms with Crippen LogP contribution in [0.4, 0.5) is 0 Å². The van der Waals surface area contributed by atoms with E-state index in [1.54, 1.807) is 0 Å². The van der Waals surface area contributed by atoms with Crippen LogP contribution in [0, 0.1) is 12.8 Å². The van der Waals surface area contributed by atoms with Gasteiger partial charge in [-0.05, 0) is 30.9 Å². The van der Waals surface area contributed by atoms with Gasteiger partial charge >= 0.3 is 0 Å². The largest absolute Gasteiger partial charge is 0.375 e. The van der Waals surface area contributed by atoms with Crippen molar-refractivity contribution in [3.63, 3.8) is 0 Å². The van der Waals surface area contributed by atoms with Crippen molar-refractivity contribution in [2.45, 2.75) is 32.1 Å². The van der Waals surface area contributed by atoms with E-state index in [9.17, 15) is 13.2 Å². The van der Waals surface area contributed by atoms with E-state index in [2.05, 4.69) is 5.32 Å². The fourth-order valence-corrected chi connectivity index (χ4v) is 5.10. The molecule has 30 heavy (non-hydrogen) atoms. The molecule has 0 aliphatic carbocycles. The first-order valence-corrected chi connectivity index (χ1v) is 12.0. The highest BCUT2D eigenvalue weighted by Crippen LogP contribution is 2.22. The molecule has 0 radical (unpaired) electrons. The number of nitrogens with zero attached hydrogens (tertiary/aromatic N) is 1. The lowest BCUT2D eigenvalue weighted by Gasteiger charge is -2.30. The molecule has 0 saturated carbocycles. The molecule has 162 valence electrons. The number of carbonyl (C=O) groups excluding carboxylic acids is 1. The lowest BCUT2D eigenvalue weighted by molar-refractivity contribution is -0.126. The Bertz CT molecular complexity index is 906. The Morgan fingerprint density at radius 1 is 1.03 bits per heavy atom. The summed E-state index contributed by atoms with van der Waals surface area (Å²) in [5.41, 5.74) is 2.99. The summed E-state index contributed by atoms with van der Waals surface area (Å²) >= 11 is 0. The van der Waals surface area contributed by atoms with E-state index in [0.717, 1.165) is 16.7 Å². The minimum Gasteiger partial charge on any atom is -0.375 e. The van der Waals surface area contributed by atoms with E-state index in [0.29, 0.717) is 45.7 Å². The molecular formula is C23H30N2O4S. The van der Waals surface area contributed by atoms with E-state index in [1.807, 2.05) is 61.5 Å². The van der Waals surface area contributed by atoms with Gasteiger partial charge < -0.3 is 10.1 Å². The third-order valence-corrected chi connectivity index (χ3v) is 7.20. The summed E-state index contributed by atoms with van der Waals surface area (Å²) in [6.45, 7) is 4.17. The van der Waals surface area contributed by atoms with Gasteiger partial charge in [0.1, 0.15) is 0 Å². The van der Waals surface area contributed by atoms with Crippen LogP contribution in [0.1, 0.15) is 29.5 Å². The molecule has 1 fully saturated rings. The molecule has 1 N–H and O–H groups in total. The zero-order valence-electron chi connectivity index (χ0n) is 17.4. The lowest BCUT2D eigenvalue weighted by Crippen LogP contribution is -2.43. The highest BCUT2D eigenvalue weighted by molar-refractivity contribution is 7.88. The molecule has 2 aromatic rings. The predicted molar refractivity (Wildman–Crippen MR) is 117 cm³/mol. The van der Waals surface area contributed by atoms with E-state index in [4.69, 9.17) is 4.74 Å². The molecule has 6 nitrogen and oxygen atoms in total. The molecular weight excluding hydrogens is 400 g/mol. The molecule has 0 unspecified atom stereocenters. The molecule has 0 bridgehead atoms. The average Bonchev–Trinajstić information content (AvgIpc) is 2.76.